The average molecular weight is 844 g/mol. The van der Waals surface area contributed by atoms with Crippen molar-refractivity contribution in [1.29, 1.82) is 0 Å². The molecule has 0 aromatic heterocycles. The fourth-order valence-electron chi connectivity index (χ4n) is 7.80. The predicted molar refractivity (Wildman–Crippen MR) is 259 cm³/mol. The lowest BCUT2D eigenvalue weighted by molar-refractivity contribution is -0.143. The molecule has 3 N–H and O–H groups in total. The summed E-state index contributed by atoms with van der Waals surface area (Å²) >= 11 is 0. The maximum absolute atomic E-state index is 12.4. The third kappa shape index (κ3) is 45.6. The SMILES string of the molecule is CCCCCCCC/C=C\CCCCCCCCCCCC(=O)OCCCCCC/C=C\CCCCCCCCCC(=O)NC(CO)C(O)/C=C/CCCCCCCCC. The van der Waals surface area contributed by atoms with E-state index < -0.39 is 12.1 Å². The summed E-state index contributed by atoms with van der Waals surface area (Å²) in [4.78, 5) is 24.4. The molecule has 352 valence electrons. The van der Waals surface area contributed by atoms with Crippen molar-refractivity contribution in [2.75, 3.05) is 13.2 Å². The number of hydrogen-bond donors (Lipinski definition) is 3. The zero-order chi connectivity index (χ0) is 43.7. The maximum atomic E-state index is 12.4. The molecule has 0 rings (SSSR count). The Morgan fingerprint density at radius 3 is 1.18 bits per heavy atom. The first-order valence-corrected chi connectivity index (χ1v) is 26.3. The van der Waals surface area contributed by atoms with E-state index in [0.717, 1.165) is 70.6 Å². The number of unbranched alkanes of at least 4 members (excludes halogenated alkanes) is 33. The number of hydrogen-bond acceptors (Lipinski definition) is 5. The molecule has 0 fully saturated rings. The summed E-state index contributed by atoms with van der Waals surface area (Å²) in [5, 5.41) is 22.9. The van der Waals surface area contributed by atoms with Gasteiger partial charge in [0, 0.05) is 12.8 Å². The second kappa shape index (κ2) is 49.7. The van der Waals surface area contributed by atoms with Crippen molar-refractivity contribution in [2.24, 2.45) is 0 Å². The first-order chi connectivity index (χ1) is 29.5. The number of carbonyl (C=O) groups excluding carboxylic acids is 2. The van der Waals surface area contributed by atoms with Gasteiger partial charge < -0.3 is 20.3 Å². The van der Waals surface area contributed by atoms with E-state index in [4.69, 9.17) is 4.74 Å². The highest BCUT2D eigenvalue weighted by Crippen LogP contribution is 2.15. The van der Waals surface area contributed by atoms with Crippen LogP contribution in [0.2, 0.25) is 0 Å². The highest BCUT2D eigenvalue weighted by atomic mass is 16.5. The fraction of sp³-hybridized carbons (Fsp3) is 0.852. The van der Waals surface area contributed by atoms with E-state index in [1.807, 2.05) is 6.08 Å². The van der Waals surface area contributed by atoms with Gasteiger partial charge in [0.1, 0.15) is 0 Å². The Morgan fingerprint density at radius 2 is 0.783 bits per heavy atom. The summed E-state index contributed by atoms with van der Waals surface area (Å²) in [6.07, 6.45) is 60.1. The van der Waals surface area contributed by atoms with E-state index in [2.05, 4.69) is 43.5 Å². The minimum absolute atomic E-state index is 0.0126. The Labute approximate surface area is 373 Å². The number of ether oxygens (including phenoxy) is 1. The van der Waals surface area contributed by atoms with Crippen LogP contribution in [0.5, 0.6) is 0 Å². The van der Waals surface area contributed by atoms with Crippen LogP contribution in [0.4, 0.5) is 0 Å². The Hall–Kier alpha value is -1.92. The number of aliphatic hydroxyl groups is 2. The van der Waals surface area contributed by atoms with Crippen LogP contribution in [-0.4, -0.2) is 47.4 Å². The topological polar surface area (TPSA) is 95.9 Å². The summed E-state index contributed by atoms with van der Waals surface area (Å²) in [5.74, 6) is -0.0994. The zero-order valence-electron chi connectivity index (χ0n) is 39.9. The molecule has 0 saturated heterocycles. The van der Waals surface area contributed by atoms with Gasteiger partial charge in [0.05, 0.1) is 25.4 Å². The lowest BCUT2D eigenvalue weighted by atomic mass is 10.1. The average Bonchev–Trinajstić information content (AvgIpc) is 3.25. The normalized spacial score (nSPS) is 12.9. The summed E-state index contributed by atoms with van der Waals surface area (Å²) in [7, 11) is 0. The molecule has 0 aromatic rings. The van der Waals surface area contributed by atoms with Crippen molar-refractivity contribution < 1.29 is 24.5 Å². The lowest BCUT2D eigenvalue weighted by Crippen LogP contribution is -2.45. The summed E-state index contributed by atoms with van der Waals surface area (Å²) in [6.45, 7) is 4.83. The highest BCUT2D eigenvalue weighted by Gasteiger charge is 2.18. The van der Waals surface area contributed by atoms with Gasteiger partial charge in [-0.15, -0.1) is 0 Å². The van der Waals surface area contributed by atoms with Crippen LogP contribution >= 0.6 is 0 Å². The third-order valence-corrected chi connectivity index (χ3v) is 11.9. The van der Waals surface area contributed by atoms with E-state index in [1.165, 1.54) is 173 Å². The first-order valence-electron chi connectivity index (χ1n) is 26.3. The molecule has 0 aliphatic carbocycles. The van der Waals surface area contributed by atoms with Crippen molar-refractivity contribution in [3.63, 3.8) is 0 Å². The van der Waals surface area contributed by atoms with E-state index in [9.17, 15) is 19.8 Å². The number of esters is 1. The number of carbonyl (C=O) groups is 2. The molecular formula is C54H101NO5. The standard InChI is InChI=1S/C54H101NO5/c1-3-5-7-9-11-13-14-15-16-17-18-19-22-25-28-32-36-40-44-48-54(59)60-49-45-41-37-33-29-26-23-20-21-24-27-31-35-39-43-47-53(58)55-51(50-56)52(57)46-42-38-34-30-12-10-8-6-4-2/h15-16,23,26,42,46,51-52,56-57H,3-14,17-22,24-25,27-41,43-45,47-50H2,1-2H3,(H,55,58)/b16-15-,26-23-,46-42+. The van der Waals surface area contributed by atoms with Crippen LogP contribution in [0, 0.1) is 0 Å². The molecule has 0 bridgehead atoms. The Kier molecular flexibility index (Phi) is 48.1. The summed E-state index contributed by atoms with van der Waals surface area (Å²) < 4.78 is 5.47. The quantitative estimate of drug-likeness (QED) is 0.0322. The van der Waals surface area contributed by atoms with E-state index >= 15 is 0 Å². The molecular weight excluding hydrogens is 743 g/mol. The molecule has 6 heteroatoms. The van der Waals surface area contributed by atoms with E-state index in [-0.39, 0.29) is 18.5 Å². The smallest absolute Gasteiger partial charge is 0.305 e. The van der Waals surface area contributed by atoms with Gasteiger partial charge in [-0.1, -0.05) is 211 Å². The number of amides is 1. The van der Waals surface area contributed by atoms with Crippen molar-refractivity contribution >= 4 is 11.9 Å². The molecule has 6 nitrogen and oxygen atoms in total. The van der Waals surface area contributed by atoms with Gasteiger partial charge in [-0.3, -0.25) is 9.59 Å². The molecule has 2 atom stereocenters. The molecule has 1 amide bonds. The highest BCUT2D eigenvalue weighted by molar-refractivity contribution is 5.76. The number of allylic oxidation sites excluding steroid dienone is 5. The molecule has 0 aromatic carbocycles. The van der Waals surface area contributed by atoms with Crippen molar-refractivity contribution in [2.45, 2.75) is 283 Å². The van der Waals surface area contributed by atoms with Crippen molar-refractivity contribution in [3.8, 4) is 0 Å². The zero-order valence-corrected chi connectivity index (χ0v) is 39.9. The maximum Gasteiger partial charge on any atom is 0.305 e. The van der Waals surface area contributed by atoms with Crippen LogP contribution in [0.3, 0.4) is 0 Å². The molecule has 0 aliphatic rings. The van der Waals surface area contributed by atoms with Crippen LogP contribution < -0.4 is 5.32 Å². The molecule has 0 saturated carbocycles. The number of aliphatic hydroxyl groups excluding tert-OH is 2. The van der Waals surface area contributed by atoms with Crippen LogP contribution in [0.1, 0.15) is 271 Å². The van der Waals surface area contributed by atoms with Gasteiger partial charge in [0.15, 0.2) is 0 Å². The minimum atomic E-state index is -0.852. The molecule has 60 heavy (non-hydrogen) atoms. The first kappa shape index (κ1) is 58.1. The number of nitrogens with one attached hydrogen (secondary N) is 1. The third-order valence-electron chi connectivity index (χ3n) is 11.9. The minimum Gasteiger partial charge on any atom is -0.466 e. The molecule has 0 heterocycles. The van der Waals surface area contributed by atoms with Gasteiger partial charge in [-0.05, 0) is 83.5 Å². The molecule has 2 unspecified atom stereocenters. The molecule has 0 spiro atoms. The van der Waals surface area contributed by atoms with Crippen LogP contribution in [-0.2, 0) is 14.3 Å². The van der Waals surface area contributed by atoms with Crippen molar-refractivity contribution in [1.82, 2.24) is 5.32 Å². The lowest BCUT2D eigenvalue weighted by Gasteiger charge is -2.20. The Balaban J connectivity index is 3.45. The Bertz CT molecular complexity index is 977. The second-order valence-corrected chi connectivity index (χ2v) is 17.8. The van der Waals surface area contributed by atoms with Gasteiger partial charge in [0.2, 0.25) is 5.91 Å². The van der Waals surface area contributed by atoms with E-state index in [0.29, 0.717) is 19.4 Å². The van der Waals surface area contributed by atoms with Crippen molar-refractivity contribution in [3.05, 3.63) is 36.5 Å². The second-order valence-electron chi connectivity index (χ2n) is 17.8. The monoisotopic (exact) mass is 844 g/mol. The molecule has 0 radical (unpaired) electrons. The van der Waals surface area contributed by atoms with Gasteiger partial charge in [0.25, 0.3) is 0 Å². The summed E-state index contributed by atoms with van der Waals surface area (Å²) in [5.41, 5.74) is 0. The fourth-order valence-corrected chi connectivity index (χ4v) is 7.80. The van der Waals surface area contributed by atoms with Gasteiger partial charge in [-0.2, -0.15) is 0 Å². The van der Waals surface area contributed by atoms with Crippen LogP contribution in [0.25, 0.3) is 0 Å². The number of rotatable bonds is 48. The largest absolute Gasteiger partial charge is 0.466 e. The summed E-state index contributed by atoms with van der Waals surface area (Å²) in [6, 6.07) is -0.637. The predicted octanol–water partition coefficient (Wildman–Crippen LogP) is 15.7. The van der Waals surface area contributed by atoms with E-state index in [1.54, 1.807) is 6.08 Å². The molecule has 0 aliphatic heterocycles. The van der Waals surface area contributed by atoms with Gasteiger partial charge >= 0.3 is 5.97 Å². The van der Waals surface area contributed by atoms with Gasteiger partial charge in [-0.25, -0.2) is 0 Å². The Morgan fingerprint density at radius 1 is 0.450 bits per heavy atom. The van der Waals surface area contributed by atoms with Crippen LogP contribution in [0.15, 0.2) is 36.5 Å².